The Balaban J connectivity index is 1.60. The van der Waals surface area contributed by atoms with E-state index in [2.05, 4.69) is 10.2 Å². The van der Waals surface area contributed by atoms with E-state index in [9.17, 15) is 13.2 Å². The number of carbonyl (C=O) groups is 1. The highest BCUT2D eigenvalue weighted by atomic mass is 32.2. The molecule has 1 aliphatic rings. The number of hydrogen-bond donors (Lipinski definition) is 1. The van der Waals surface area contributed by atoms with Crippen LogP contribution >= 0.6 is 0 Å². The zero-order valence-corrected chi connectivity index (χ0v) is 16.9. The highest BCUT2D eigenvalue weighted by Gasteiger charge is 2.23. The van der Waals surface area contributed by atoms with Crippen molar-refractivity contribution in [1.82, 2.24) is 4.31 Å². The number of amides is 1. The monoisotopic (exact) mass is 403 g/mol. The number of nitrogens with one attached hydrogen (secondary N) is 1. The second kappa shape index (κ2) is 8.72. The average molecular weight is 404 g/mol. The molecule has 1 fully saturated rings. The highest BCUT2D eigenvalue weighted by Crippen LogP contribution is 2.19. The quantitative estimate of drug-likeness (QED) is 0.799. The Bertz CT molecular complexity index is 923. The van der Waals surface area contributed by atoms with Gasteiger partial charge in [0.15, 0.2) is 0 Å². The molecule has 28 heavy (non-hydrogen) atoms. The van der Waals surface area contributed by atoms with Crippen molar-refractivity contribution in [2.75, 3.05) is 50.1 Å². The van der Waals surface area contributed by atoms with Crippen molar-refractivity contribution >= 4 is 27.3 Å². The van der Waals surface area contributed by atoms with Gasteiger partial charge in [0.2, 0.25) is 15.9 Å². The molecule has 7 nitrogen and oxygen atoms in total. The van der Waals surface area contributed by atoms with Crippen molar-refractivity contribution in [3.05, 3.63) is 54.1 Å². The molecule has 1 saturated heterocycles. The number of anilines is 2. The second-order valence-corrected chi connectivity index (χ2v) is 8.82. The minimum atomic E-state index is -3.72. The zero-order valence-electron chi connectivity index (χ0n) is 16.1. The van der Waals surface area contributed by atoms with Crippen molar-refractivity contribution in [2.24, 2.45) is 0 Å². The fourth-order valence-electron chi connectivity index (χ4n) is 3.02. The maximum atomic E-state index is 12.6. The lowest BCUT2D eigenvalue weighted by Gasteiger charge is -2.28. The first-order valence-electron chi connectivity index (χ1n) is 9.12. The maximum Gasteiger partial charge on any atom is 0.243 e. The summed E-state index contributed by atoms with van der Waals surface area (Å²) in [6, 6.07) is 14.1. The van der Waals surface area contributed by atoms with Crippen LogP contribution in [-0.2, 0) is 19.6 Å². The summed E-state index contributed by atoms with van der Waals surface area (Å²) < 4.78 is 31.6. The van der Waals surface area contributed by atoms with Gasteiger partial charge < -0.3 is 15.0 Å². The maximum absolute atomic E-state index is 12.6. The fourth-order valence-corrected chi connectivity index (χ4v) is 4.25. The highest BCUT2D eigenvalue weighted by molar-refractivity contribution is 7.89. The van der Waals surface area contributed by atoms with Crippen LogP contribution in [0.1, 0.15) is 5.56 Å². The zero-order chi connectivity index (χ0) is 20.1. The Kier molecular flexibility index (Phi) is 6.33. The lowest BCUT2D eigenvalue weighted by atomic mass is 10.2. The molecule has 8 heteroatoms. The minimum Gasteiger partial charge on any atom is -0.378 e. The van der Waals surface area contributed by atoms with Gasteiger partial charge in [-0.05, 0) is 48.9 Å². The van der Waals surface area contributed by atoms with Gasteiger partial charge in [0.25, 0.3) is 0 Å². The summed E-state index contributed by atoms with van der Waals surface area (Å²) in [7, 11) is -2.31. The topological polar surface area (TPSA) is 79.0 Å². The molecule has 150 valence electrons. The molecule has 0 atom stereocenters. The first-order valence-corrected chi connectivity index (χ1v) is 10.6. The molecule has 1 aliphatic heterocycles. The standard InChI is InChI=1S/C20H25N3O4S/c1-16-4-3-5-19(14-16)28(25,26)22(2)15-20(24)21-17-6-8-18(9-7-17)23-10-12-27-13-11-23/h3-9,14H,10-13,15H2,1-2H3,(H,21,24). The molecule has 0 saturated carbocycles. The van der Waals surface area contributed by atoms with Crippen LogP contribution in [0, 0.1) is 6.92 Å². The SMILES string of the molecule is Cc1cccc(S(=O)(=O)N(C)CC(=O)Nc2ccc(N3CCOCC3)cc2)c1. The number of carbonyl (C=O) groups excluding carboxylic acids is 1. The van der Waals surface area contributed by atoms with Crippen LogP contribution in [-0.4, -0.2) is 58.5 Å². The molecular formula is C20H25N3O4S. The van der Waals surface area contributed by atoms with Gasteiger partial charge in [-0.2, -0.15) is 4.31 Å². The minimum absolute atomic E-state index is 0.178. The van der Waals surface area contributed by atoms with Gasteiger partial charge in [-0.25, -0.2) is 8.42 Å². The van der Waals surface area contributed by atoms with Crippen molar-refractivity contribution in [1.29, 1.82) is 0 Å². The molecule has 1 N–H and O–H groups in total. The van der Waals surface area contributed by atoms with Crippen molar-refractivity contribution in [3.8, 4) is 0 Å². The van der Waals surface area contributed by atoms with Gasteiger partial charge in [0.1, 0.15) is 0 Å². The van der Waals surface area contributed by atoms with E-state index >= 15 is 0 Å². The Morgan fingerprint density at radius 2 is 1.82 bits per heavy atom. The number of nitrogens with zero attached hydrogens (tertiary/aromatic N) is 2. The van der Waals surface area contributed by atoms with Gasteiger partial charge in [-0.15, -0.1) is 0 Å². The van der Waals surface area contributed by atoms with Gasteiger partial charge in [0, 0.05) is 31.5 Å². The van der Waals surface area contributed by atoms with E-state index in [4.69, 9.17) is 4.74 Å². The van der Waals surface area contributed by atoms with Crippen molar-refractivity contribution < 1.29 is 17.9 Å². The normalized spacial score (nSPS) is 14.9. The first kappa shape index (κ1) is 20.3. The molecule has 0 aromatic heterocycles. The molecule has 2 aromatic rings. The number of benzene rings is 2. The van der Waals surface area contributed by atoms with Gasteiger partial charge in [-0.3, -0.25) is 4.79 Å². The number of rotatable bonds is 6. The fraction of sp³-hybridized carbons (Fsp3) is 0.350. The first-order chi connectivity index (χ1) is 13.4. The van der Waals surface area contributed by atoms with E-state index in [0.717, 1.165) is 28.6 Å². The molecular weight excluding hydrogens is 378 g/mol. The van der Waals surface area contributed by atoms with Gasteiger partial charge in [-0.1, -0.05) is 12.1 Å². The van der Waals surface area contributed by atoms with Gasteiger partial charge >= 0.3 is 0 Å². The molecule has 0 spiro atoms. The summed E-state index contributed by atoms with van der Waals surface area (Å²) in [4.78, 5) is 14.7. The predicted octanol–water partition coefficient (Wildman–Crippen LogP) is 2.09. The molecule has 0 radical (unpaired) electrons. The smallest absolute Gasteiger partial charge is 0.243 e. The molecule has 0 bridgehead atoms. The summed E-state index contributed by atoms with van der Waals surface area (Å²) in [6.45, 7) is 4.66. The third-order valence-electron chi connectivity index (χ3n) is 4.59. The van der Waals surface area contributed by atoms with Crippen LogP contribution in [0.15, 0.2) is 53.4 Å². The number of morpholine rings is 1. The van der Waals surface area contributed by atoms with E-state index < -0.39 is 15.9 Å². The van der Waals surface area contributed by atoms with Crippen LogP contribution in [0.25, 0.3) is 0 Å². The molecule has 0 aliphatic carbocycles. The van der Waals surface area contributed by atoms with Crippen LogP contribution in [0.3, 0.4) is 0 Å². The second-order valence-electron chi connectivity index (χ2n) is 6.77. The Labute approximate surface area is 166 Å². The van der Waals surface area contributed by atoms with Crippen LogP contribution in [0.5, 0.6) is 0 Å². The summed E-state index contributed by atoms with van der Waals surface area (Å²) in [5.74, 6) is -0.391. The van der Waals surface area contributed by atoms with Crippen LogP contribution in [0.4, 0.5) is 11.4 Å². The summed E-state index contributed by atoms with van der Waals surface area (Å²) in [5, 5.41) is 2.75. The van der Waals surface area contributed by atoms with Crippen molar-refractivity contribution in [2.45, 2.75) is 11.8 Å². The van der Waals surface area contributed by atoms with E-state index in [-0.39, 0.29) is 11.4 Å². The number of aryl methyl sites for hydroxylation is 1. The summed E-state index contributed by atoms with van der Waals surface area (Å²) in [5.41, 5.74) is 2.54. The number of sulfonamides is 1. The molecule has 0 unspecified atom stereocenters. The van der Waals surface area contributed by atoms with E-state index in [0.29, 0.717) is 18.9 Å². The Morgan fingerprint density at radius 1 is 1.14 bits per heavy atom. The molecule has 1 amide bonds. The third kappa shape index (κ3) is 4.89. The number of likely N-dealkylation sites (N-methyl/N-ethyl adjacent to an activating group) is 1. The van der Waals surface area contributed by atoms with E-state index in [1.54, 1.807) is 12.1 Å². The van der Waals surface area contributed by atoms with E-state index in [1.807, 2.05) is 37.3 Å². The number of hydrogen-bond acceptors (Lipinski definition) is 5. The molecule has 1 heterocycles. The average Bonchev–Trinajstić information content (AvgIpc) is 2.69. The summed E-state index contributed by atoms with van der Waals surface area (Å²) >= 11 is 0. The molecule has 3 rings (SSSR count). The van der Waals surface area contributed by atoms with Crippen LogP contribution < -0.4 is 10.2 Å². The Hall–Kier alpha value is -2.42. The summed E-state index contributed by atoms with van der Waals surface area (Å²) in [6.07, 6.45) is 0. The lowest BCUT2D eigenvalue weighted by Crippen LogP contribution is -2.36. The predicted molar refractivity (Wildman–Crippen MR) is 109 cm³/mol. The molecule has 2 aromatic carbocycles. The third-order valence-corrected chi connectivity index (χ3v) is 6.39. The van der Waals surface area contributed by atoms with E-state index in [1.165, 1.54) is 13.1 Å². The largest absolute Gasteiger partial charge is 0.378 e. The number of ether oxygens (including phenoxy) is 1. The lowest BCUT2D eigenvalue weighted by molar-refractivity contribution is -0.116. The van der Waals surface area contributed by atoms with Crippen LogP contribution in [0.2, 0.25) is 0 Å². The Morgan fingerprint density at radius 3 is 2.46 bits per heavy atom. The van der Waals surface area contributed by atoms with Crippen molar-refractivity contribution in [3.63, 3.8) is 0 Å². The van der Waals surface area contributed by atoms with Gasteiger partial charge in [0.05, 0.1) is 24.7 Å².